The average Bonchev–Trinajstić information content (AvgIpc) is 2.60. The van der Waals surface area contributed by atoms with Crippen molar-refractivity contribution in [3.63, 3.8) is 0 Å². The van der Waals surface area contributed by atoms with Crippen LogP contribution in [0.15, 0.2) is 18.2 Å². The van der Waals surface area contributed by atoms with E-state index in [4.69, 9.17) is 0 Å². The minimum atomic E-state index is -3.23. The van der Waals surface area contributed by atoms with E-state index in [1.807, 2.05) is 6.92 Å². The first-order valence-corrected chi connectivity index (χ1v) is 11.1. The molecule has 2 atom stereocenters. The Labute approximate surface area is 150 Å². The third kappa shape index (κ3) is 4.42. The number of hydrogen-bond acceptors (Lipinski definition) is 3. The Bertz CT molecular complexity index is 745. The maximum atomic E-state index is 12.6. The molecule has 0 saturated carbocycles. The first kappa shape index (κ1) is 18.4. The minimum absolute atomic E-state index is 0.0430. The molecule has 1 saturated heterocycles. The van der Waals surface area contributed by atoms with Crippen molar-refractivity contribution in [1.82, 2.24) is 9.62 Å². The molecule has 1 aliphatic heterocycles. The Balaban J connectivity index is 1.64. The molecular weight excluding hydrogens is 336 g/mol. The summed E-state index contributed by atoms with van der Waals surface area (Å²) in [6.45, 7) is 2.81. The highest BCUT2D eigenvalue weighted by molar-refractivity contribution is 7.88. The highest BCUT2D eigenvalue weighted by Crippen LogP contribution is 2.25. The quantitative estimate of drug-likeness (QED) is 0.892. The van der Waals surface area contributed by atoms with Gasteiger partial charge in [-0.05, 0) is 62.1 Å². The highest BCUT2D eigenvalue weighted by atomic mass is 32.2. The third-order valence-corrected chi connectivity index (χ3v) is 6.72. The van der Waals surface area contributed by atoms with Gasteiger partial charge in [0.25, 0.3) is 0 Å². The summed E-state index contributed by atoms with van der Waals surface area (Å²) in [5.41, 5.74) is 3.97. The molecule has 0 unspecified atom stereocenters. The minimum Gasteiger partial charge on any atom is -0.349 e. The molecule has 0 bridgehead atoms. The fourth-order valence-corrected chi connectivity index (χ4v) is 4.81. The highest BCUT2D eigenvalue weighted by Gasteiger charge is 2.30. The molecule has 1 aromatic rings. The molecule has 1 amide bonds. The SMILES string of the molecule is C[C@@H](NC(=O)[C@H]1CCCN(S(C)(=O)=O)C1)c1ccc2c(c1)CCCC2. The van der Waals surface area contributed by atoms with Crippen molar-refractivity contribution in [1.29, 1.82) is 0 Å². The second-order valence-electron chi connectivity index (χ2n) is 7.43. The molecule has 1 N–H and O–H groups in total. The number of nitrogens with one attached hydrogen (secondary N) is 1. The zero-order valence-electron chi connectivity index (χ0n) is 15.1. The van der Waals surface area contributed by atoms with Gasteiger partial charge in [0.05, 0.1) is 18.2 Å². The van der Waals surface area contributed by atoms with Crippen molar-refractivity contribution >= 4 is 15.9 Å². The summed E-state index contributed by atoms with van der Waals surface area (Å²) in [6, 6.07) is 6.47. The number of carbonyl (C=O) groups excluding carboxylic acids is 1. The number of nitrogens with zero attached hydrogens (tertiary/aromatic N) is 1. The summed E-state index contributed by atoms with van der Waals surface area (Å²) in [4.78, 5) is 12.6. The summed E-state index contributed by atoms with van der Waals surface area (Å²) in [6.07, 6.45) is 7.46. The van der Waals surface area contributed by atoms with Crippen LogP contribution in [0.5, 0.6) is 0 Å². The lowest BCUT2D eigenvalue weighted by molar-refractivity contribution is -0.126. The van der Waals surface area contributed by atoms with Gasteiger partial charge in [0.1, 0.15) is 0 Å². The molecule has 3 rings (SSSR count). The van der Waals surface area contributed by atoms with E-state index >= 15 is 0 Å². The molecule has 1 aliphatic carbocycles. The van der Waals surface area contributed by atoms with E-state index in [0.717, 1.165) is 31.2 Å². The van der Waals surface area contributed by atoms with Gasteiger partial charge in [0.2, 0.25) is 15.9 Å². The smallest absolute Gasteiger partial charge is 0.224 e. The molecule has 1 fully saturated rings. The summed E-state index contributed by atoms with van der Waals surface area (Å²) in [7, 11) is -3.23. The van der Waals surface area contributed by atoms with Gasteiger partial charge in [-0.25, -0.2) is 12.7 Å². The Hall–Kier alpha value is -1.40. The second-order valence-corrected chi connectivity index (χ2v) is 9.41. The molecule has 138 valence electrons. The topological polar surface area (TPSA) is 66.5 Å². The van der Waals surface area contributed by atoms with Gasteiger partial charge >= 0.3 is 0 Å². The molecule has 25 heavy (non-hydrogen) atoms. The Morgan fingerprint density at radius 1 is 1.20 bits per heavy atom. The Morgan fingerprint density at radius 3 is 2.64 bits per heavy atom. The summed E-state index contributed by atoms with van der Waals surface area (Å²) < 4.78 is 24.9. The van der Waals surface area contributed by atoms with Crippen molar-refractivity contribution < 1.29 is 13.2 Å². The van der Waals surface area contributed by atoms with Gasteiger partial charge in [0, 0.05) is 13.1 Å². The lowest BCUT2D eigenvalue weighted by Gasteiger charge is -2.31. The number of fused-ring (bicyclic) bond motifs is 1. The van der Waals surface area contributed by atoms with Crippen LogP contribution in [-0.4, -0.2) is 38.0 Å². The van der Waals surface area contributed by atoms with Gasteiger partial charge in [-0.3, -0.25) is 4.79 Å². The second kappa shape index (κ2) is 7.46. The summed E-state index contributed by atoms with van der Waals surface area (Å²) in [5.74, 6) is -0.304. The van der Waals surface area contributed by atoms with E-state index in [1.54, 1.807) is 0 Å². The maximum Gasteiger partial charge on any atom is 0.224 e. The monoisotopic (exact) mass is 364 g/mol. The molecule has 1 heterocycles. The van der Waals surface area contributed by atoms with Crippen molar-refractivity contribution in [2.45, 2.75) is 51.5 Å². The zero-order chi connectivity index (χ0) is 18.0. The number of rotatable bonds is 4. The van der Waals surface area contributed by atoms with Crippen molar-refractivity contribution in [2.24, 2.45) is 5.92 Å². The lowest BCUT2D eigenvalue weighted by Crippen LogP contribution is -2.45. The average molecular weight is 365 g/mol. The molecule has 5 nitrogen and oxygen atoms in total. The van der Waals surface area contributed by atoms with Crippen LogP contribution in [0.4, 0.5) is 0 Å². The fraction of sp³-hybridized carbons (Fsp3) is 0.632. The molecule has 1 aromatic carbocycles. The third-order valence-electron chi connectivity index (χ3n) is 5.46. The van der Waals surface area contributed by atoms with Crippen molar-refractivity contribution in [2.75, 3.05) is 19.3 Å². The molecule has 0 aromatic heterocycles. The number of amides is 1. The fourth-order valence-electron chi connectivity index (χ4n) is 3.89. The normalized spacial score (nSPS) is 22.9. The van der Waals surface area contributed by atoms with Gasteiger partial charge < -0.3 is 5.32 Å². The van der Waals surface area contributed by atoms with Gasteiger partial charge in [-0.2, -0.15) is 0 Å². The van der Waals surface area contributed by atoms with E-state index in [2.05, 4.69) is 23.5 Å². The van der Waals surface area contributed by atoms with Gasteiger partial charge in [0.15, 0.2) is 0 Å². The molecule has 6 heteroatoms. The Kier molecular flexibility index (Phi) is 5.49. The molecule has 0 spiro atoms. The van der Waals surface area contributed by atoms with Crippen LogP contribution in [0, 0.1) is 5.92 Å². The summed E-state index contributed by atoms with van der Waals surface area (Å²) >= 11 is 0. The van der Waals surface area contributed by atoms with Crippen LogP contribution >= 0.6 is 0 Å². The molecule has 2 aliphatic rings. The van der Waals surface area contributed by atoms with E-state index < -0.39 is 10.0 Å². The number of aryl methyl sites for hydroxylation is 2. The standard InChI is InChI=1S/C19H28N2O3S/c1-14(16-10-9-15-6-3-4-7-17(15)12-16)20-19(22)18-8-5-11-21(13-18)25(2,23)24/h9-10,12,14,18H,3-8,11,13H2,1-2H3,(H,20,22)/t14-,18+/m1/s1. The molecule has 0 radical (unpaired) electrons. The number of sulfonamides is 1. The number of piperidine rings is 1. The van der Waals surface area contributed by atoms with Gasteiger partial charge in [-0.15, -0.1) is 0 Å². The maximum absolute atomic E-state index is 12.6. The summed E-state index contributed by atoms with van der Waals surface area (Å²) in [5, 5.41) is 3.08. The van der Waals surface area contributed by atoms with Crippen molar-refractivity contribution in [3.8, 4) is 0 Å². The number of carbonyl (C=O) groups is 1. The van der Waals surface area contributed by atoms with Crippen LogP contribution in [0.2, 0.25) is 0 Å². The van der Waals surface area contributed by atoms with Gasteiger partial charge in [-0.1, -0.05) is 18.2 Å². The number of benzene rings is 1. The van der Waals surface area contributed by atoms with Crippen LogP contribution < -0.4 is 5.32 Å². The van der Waals surface area contributed by atoms with Crippen LogP contribution in [0.3, 0.4) is 0 Å². The predicted octanol–water partition coefficient (Wildman–Crippen LogP) is 2.41. The van der Waals surface area contributed by atoms with E-state index in [-0.39, 0.29) is 17.9 Å². The largest absolute Gasteiger partial charge is 0.349 e. The van der Waals surface area contributed by atoms with Crippen LogP contribution in [0.1, 0.15) is 55.3 Å². The van der Waals surface area contributed by atoms with E-state index in [9.17, 15) is 13.2 Å². The lowest BCUT2D eigenvalue weighted by atomic mass is 9.89. The van der Waals surface area contributed by atoms with E-state index in [1.165, 1.54) is 34.5 Å². The van der Waals surface area contributed by atoms with E-state index in [0.29, 0.717) is 13.1 Å². The molecular formula is C19H28N2O3S. The van der Waals surface area contributed by atoms with Crippen LogP contribution in [0.25, 0.3) is 0 Å². The van der Waals surface area contributed by atoms with Crippen molar-refractivity contribution in [3.05, 3.63) is 34.9 Å². The first-order valence-electron chi connectivity index (χ1n) is 9.22. The predicted molar refractivity (Wildman–Crippen MR) is 98.8 cm³/mol. The first-order chi connectivity index (χ1) is 11.8. The Morgan fingerprint density at radius 2 is 1.92 bits per heavy atom. The zero-order valence-corrected chi connectivity index (χ0v) is 15.9. The number of hydrogen-bond donors (Lipinski definition) is 1. The van der Waals surface area contributed by atoms with Crippen LogP contribution in [-0.2, 0) is 27.7 Å².